The number of Topliss-reactive ketones (excluding diaryl/α,β-unsaturated/α-hetero) is 1. The highest BCUT2D eigenvalue weighted by molar-refractivity contribution is 9.10. The van der Waals surface area contributed by atoms with Gasteiger partial charge in [-0.05, 0) is 64.8 Å². The summed E-state index contributed by atoms with van der Waals surface area (Å²) in [6, 6.07) is 18.5. The summed E-state index contributed by atoms with van der Waals surface area (Å²) in [5, 5.41) is 11.1. The lowest BCUT2D eigenvalue weighted by atomic mass is 9.95. The van der Waals surface area contributed by atoms with Crippen molar-refractivity contribution in [3.05, 3.63) is 94.1 Å². The Morgan fingerprint density at radius 1 is 1.06 bits per heavy atom. The predicted octanol–water partition coefficient (Wildman–Crippen LogP) is 4.87. The first kappa shape index (κ1) is 20.8. The van der Waals surface area contributed by atoms with E-state index in [1.807, 2.05) is 37.3 Å². The third kappa shape index (κ3) is 3.96. The summed E-state index contributed by atoms with van der Waals surface area (Å²) in [6.07, 6.45) is 1.56. The summed E-state index contributed by atoms with van der Waals surface area (Å²) in [5.74, 6) is -0.765. The number of hydrogen-bond acceptors (Lipinski definition) is 5. The smallest absolute Gasteiger partial charge is 0.301 e. The summed E-state index contributed by atoms with van der Waals surface area (Å²) in [6.45, 7) is 2.40. The molecule has 31 heavy (non-hydrogen) atoms. The molecule has 0 bridgehead atoms. The van der Waals surface area contributed by atoms with Crippen LogP contribution in [0.15, 0.2) is 83.0 Å². The molecule has 0 saturated carbocycles. The van der Waals surface area contributed by atoms with Gasteiger partial charge in [-0.2, -0.15) is 0 Å². The van der Waals surface area contributed by atoms with E-state index in [-0.39, 0.29) is 11.3 Å². The Hall–Kier alpha value is -3.45. The molecule has 2 aromatic carbocycles. The molecule has 1 saturated heterocycles. The minimum absolute atomic E-state index is 0.0186. The predicted molar refractivity (Wildman–Crippen MR) is 121 cm³/mol. The number of aliphatic hydroxyl groups excluding tert-OH is 1. The normalized spacial score (nSPS) is 17.7. The number of hydrogen-bond donors (Lipinski definition) is 1. The van der Waals surface area contributed by atoms with Gasteiger partial charge < -0.3 is 9.84 Å². The molecule has 156 valence electrons. The molecular formula is C24H19BrN2O4. The first-order chi connectivity index (χ1) is 15.0. The Bertz CT molecular complexity index is 1140. The van der Waals surface area contributed by atoms with Crippen LogP contribution in [0.2, 0.25) is 0 Å². The Morgan fingerprint density at radius 3 is 2.39 bits per heavy atom. The maximum absolute atomic E-state index is 13.1. The number of anilines is 1. The van der Waals surface area contributed by atoms with Crippen molar-refractivity contribution < 1.29 is 19.4 Å². The largest absolute Gasteiger partial charge is 0.507 e. The van der Waals surface area contributed by atoms with Gasteiger partial charge in [0.15, 0.2) is 0 Å². The van der Waals surface area contributed by atoms with Gasteiger partial charge in [-0.15, -0.1) is 0 Å². The fraction of sp³-hybridized carbons (Fsp3) is 0.125. The van der Waals surface area contributed by atoms with Crippen molar-refractivity contribution in [1.29, 1.82) is 0 Å². The van der Waals surface area contributed by atoms with Gasteiger partial charge in [0.1, 0.15) is 17.3 Å². The lowest BCUT2D eigenvalue weighted by Crippen LogP contribution is -2.30. The number of amides is 1. The minimum atomic E-state index is -0.804. The summed E-state index contributed by atoms with van der Waals surface area (Å²) in [4.78, 5) is 31.7. The number of carbonyl (C=O) groups is 2. The molecule has 0 radical (unpaired) electrons. The number of aromatic nitrogens is 1. The average Bonchev–Trinajstić information content (AvgIpc) is 3.06. The lowest BCUT2D eigenvalue weighted by Gasteiger charge is -2.24. The molecule has 1 aliphatic heterocycles. The van der Waals surface area contributed by atoms with E-state index in [0.29, 0.717) is 29.3 Å². The molecule has 1 aromatic heterocycles. The quantitative estimate of drug-likeness (QED) is 0.321. The molecule has 7 heteroatoms. The van der Waals surface area contributed by atoms with Crippen LogP contribution < -0.4 is 9.64 Å². The standard InChI is InChI=1S/C24H19BrN2O4/c1-2-31-18-11-8-16(9-12-18)22(28)20-21(15-6-4-3-5-7-15)27(24(30)23(20)29)19-13-10-17(25)14-26-19/h3-14,21,28H,2H2,1H3/b22-20+/t21-/m1/s1. The molecule has 0 aliphatic carbocycles. The molecule has 1 N–H and O–H groups in total. The zero-order valence-electron chi connectivity index (χ0n) is 16.7. The molecule has 2 heterocycles. The van der Waals surface area contributed by atoms with Crippen LogP contribution in [0.1, 0.15) is 24.1 Å². The number of aliphatic hydroxyl groups is 1. The molecule has 1 atom stereocenters. The fourth-order valence-electron chi connectivity index (χ4n) is 3.56. The van der Waals surface area contributed by atoms with Gasteiger partial charge in [-0.1, -0.05) is 30.3 Å². The summed E-state index contributed by atoms with van der Waals surface area (Å²) in [7, 11) is 0. The molecule has 0 unspecified atom stereocenters. The number of benzene rings is 2. The Labute approximate surface area is 187 Å². The van der Waals surface area contributed by atoms with Gasteiger partial charge in [0.25, 0.3) is 5.78 Å². The Morgan fingerprint density at radius 2 is 1.77 bits per heavy atom. The zero-order chi connectivity index (χ0) is 22.0. The van der Waals surface area contributed by atoms with E-state index in [0.717, 1.165) is 4.47 Å². The lowest BCUT2D eigenvalue weighted by molar-refractivity contribution is -0.132. The Balaban J connectivity index is 1.87. The number of pyridine rings is 1. The van der Waals surface area contributed by atoms with Crippen LogP contribution >= 0.6 is 15.9 Å². The summed E-state index contributed by atoms with van der Waals surface area (Å²) < 4.78 is 6.19. The highest BCUT2D eigenvalue weighted by Crippen LogP contribution is 2.41. The number of carbonyl (C=O) groups excluding carboxylic acids is 2. The van der Waals surface area contributed by atoms with Crippen LogP contribution in [-0.4, -0.2) is 28.4 Å². The summed E-state index contributed by atoms with van der Waals surface area (Å²) >= 11 is 3.33. The number of ketones is 1. The minimum Gasteiger partial charge on any atom is -0.507 e. The number of nitrogens with zero attached hydrogens (tertiary/aromatic N) is 2. The molecule has 4 rings (SSSR count). The summed E-state index contributed by atoms with van der Waals surface area (Å²) in [5.41, 5.74) is 1.13. The van der Waals surface area contributed by atoms with Crippen LogP contribution in [0, 0.1) is 0 Å². The fourth-order valence-corrected chi connectivity index (χ4v) is 3.80. The number of rotatable bonds is 5. The van der Waals surface area contributed by atoms with E-state index in [9.17, 15) is 14.7 Å². The highest BCUT2D eigenvalue weighted by Gasteiger charge is 2.47. The third-order valence-electron chi connectivity index (χ3n) is 4.96. The van der Waals surface area contributed by atoms with Crippen molar-refractivity contribution in [3.63, 3.8) is 0 Å². The molecular weight excluding hydrogens is 460 g/mol. The number of ether oxygens (including phenoxy) is 1. The SMILES string of the molecule is CCOc1ccc(/C(O)=C2\C(=O)C(=O)N(c3ccc(Br)cn3)[C@@H]2c2ccccc2)cc1. The zero-order valence-corrected chi connectivity index (χ0v) is 18.2. The Kier molecular flexibility index (Phi) is 5.86. The monoisotopic (exact) mass is 478 g/mol. The van der Waals surface area contributed by atoms with Gasteiger partial charge in [0, 0.05) is 16.2 Å². The van der Waals surface area contributed by atoms with E-state index in [1.54, 1.807) is 42.6 Å². The van der Waals surface area contributed by atoms with Crippen LogP contribution in [0.5, 0.6) is 5.75 Å². The maximum Gasteiger partial charge on any atom is 0.301 e. The molecule has 1 fully saturated rings. The third-order valence-corrected chi connectivity index (χ3v) is 5.43. The second kappa shape index (κ2) is 8.73. The van der Waals surface area contributed by atoms with Gasteiger partial charge in [0.2, 0.25) is 0 Å². The van der Waals surface area contributed by atoms with Crippen molar-refractivity contribution in [3.8, 4) is 5.75 Å². The van der Waals surface area contributed by atoms with Crippen molar-refractivity contribution in [2.24, 2.45) is 0 Å². The molecule has 3 aromatic rings. The second-order valence-electron chi connectivity index (χ2n) is 6.87. The second-order valence-corrected chi connectivity index (χ2v) is 7.79. The van der Waals surface area contributed by atoms with E-state index in [4.69, 9.17) is 4.74 Å². The molecule has 0 spiro atoms. The van der Waals surface area contributed by atoms with Gasteiger partial charge in [-0.3, -0.25) is 14.5 Å². The highest BCUT2D eigenvalue weighted by atomic mass is 79.9. The molecule has 1 amide bonds. The number of halogens is 1. The average molecular weight is 479 g/mol. The van der Waals surface area contributed by atoms with E-state index >= 15 is 0 Å². The van der Waals surface area contributed by atoms with Crippen LogP contribution in [0.3, 0.4) is 0 Å². The van der Waals surface area contributed by atoms with Crippen LogP contribution in [0.25, 0.3) is 5.76 Å². The van der Waals surface area contributed by atoms with Crippen molar-refractivity contribution in [1.82, 2.24) is 4.98 Å². The van der Waals surface area contributed by atoms with E-state index in [2.05, 4.69) is 20.9 Å². The molecule has 1 aliphatic rings. The first-order valence-electron chi connectivity index (χ1n) is 9.72. The topological polar surface area (TPSA) is 79.7 Å². The van der Waals surface area contributed by atoms with Crippen molar-refractivity contribution >= 4 is 39.2 Å². The van der Waals surface area contributed by atoms with E-state index in [1.165, 1.54) is 4.90 Å². The van der Waals surface area contributed by atoms with Crippen LogP contribution in [-0.2, 0) is 9.59 Å². The maximum atomic E-state index is 13.1. The van der Waals surface area contributed by atoms with Gasteiger partial charge in [-0.25, -0.2) is 4.98 Å². The van der Waals surface area contributed by atoms with Crippen LogP contribution in [0.4, 0.5) is 5.82 Å². The van der Waals surface area contributed by atoms with Crippen molar-refractivity contribution in [2.45, 2.75) is 13.0 Å². The first-order valence-corrected chi connectivity index (χ1v) is 10.5. The molecule has 6 nitrogen and oxygen atoms in total. The van der Waals surface area contributed by atoms with E-state index < -0.39 is 17.7 Å². The van der Waals surface area contributed by atoms with Crippen molar-refractivity contribution in [2.75, 3.05) is 11.5 Å². The van der Waals surface area contributed by atoms with Gasteiger partial charge in [0.05, 0.1) is 18.2 Å². The van der Waals surface area contributed by atoms with Gasteiger partial charge >= 0.3 is 5.91 Å².